The Morgan fingerprint density at radius 3 is 1.30 bits per heavy atom. The van der Waals surface area contributed by atoms with Gasteiger partial charge in [-0.05, 0) is 100 Å². The molecule has 0 fully saturated rings. The number of halogens is 4. The summed E-state index contributed by atoms with van der Waals surface area (Å²) >= 11 is 14.7. The van der Waals surface area contributed by atoms with E-state index in [9.17, 15) is 0 Å². The summed E-state index contributed by atoms with van der Waals surface area (Å²) in [6.45, 7) is 0. The van der Waals surface area contributed by atoms with Crippen molar-refractivity contribution in [2.45, 2.75) is 0 Å². The minimum Gasteiger partial charge on any atom is -0.306 e. The molecule has 0 heterocycles. The Balaban J connectivity index is 2.32. The molecule has 0 spiro atoms. The molecule has 0 aliphatic carbocycles. The second-order valence-corrected chi connectivity index (χ2v) is 8.23. The van der Waals surface area contributed by atoms with Crippen molar-refractivity contribution < 1.29 is 0 Å². The molecule has 3 aromatic carbocycles. The number of para-hydroxylation sites is 3. The van der Waals surface area contributed by atoms with E-state index in [4.69, 9.17) is 0 Å². The van der Waals surface area contributed by atoms with Gasteiger partial charge in [0.2, 0.25) is 0 Å². The van der Waals surface area contributed by atoms with Crippen molar-refractivity contribution in [1.82, 2.24) is 0 Å². The van der Waals surface area contributed by atoms with Crippen molar-refractivity contribution in [2.24, 2.45) is 0 Å². The molecule has 116 valence electrons. The maximum absolute atomic E-state index is 3.69. The lowest BCUT2D eigenvalue weighted by Gasteiger charge is -2.29. The number of anilines is 3. The molecule has 0 aliphatic rings. The molecule has 1 nitrogen and oxygen atoms in total. The predicted molar refractivity (Wildman–Crippen MR) is 112 cm³/mol. The van der Waals surface area contributed by atoms with E-state index >= 15 is 0 Å². The second-order valence-electron chi connectivity index (χ2n) is 4.81. The zero-order valence-corrected chi connectivity index (χ0v) is 18.2. The van der Waals surface area contributed by atoms with E-state index in [0.717, 1.165) is 35.0 Å². The van der Waals surface area contributed by atoms with Crippen molar-refractivity contribution >= 4 is 80.8 Å². The molecular formula is C18H11Br4N. The average Bonchev–Trinajstić information content (AvgIpc) is 2.53. The van der Waals surface area contributed by atoms with Crippen LogP contribution in [0.1, 0.15) is 0 Å². The van der Waals surface area contributed by atoms with Gasteiger partial charge in [-0.15, -0.1) is 0 Å². The standard InChI is InChI=1S/C18H11Br4N/c19-12-6-1-3-10-16(12)23(17-11-4-2-7-13(17)20)18-14(21)8-5-9-15(18)22/h1-11H. The van der Waals surface area contributed by atoms with E-state index in [0.29, 0.717) is 0 Å². The lowest BCUT2D eigenvalue weighted by molar-refractivity contribution is 1.24. The van der Waals surface area contributed by atoms with Gasteiger partial charge in [0, 0.05) is 17.9 Å². The highest BCUT2D eigenvalue weighted by atomic mass is 79.9. The molecule has 0 saturated heterocycles. The van der Waals surface area contributed by atoms with Crippen molar-refractivity contribution in [2.75, 3.05) is 4.90 Å². The zero-order valence-electron chi connectivity index (χ0n) is 11.8. The van der Waals surface area contributed by atoms with Crippen LogP contribution in [0, 0.1) is 0 Å². The number of nitrogens with zero attached hydrogens (tertiary/aromatic N) is 1. The molecule has 0 bridgehead atoms. The number of rotatable bonds is 3. The van der Waals surface area contributed by atoms with Gasteiger partial charge in [-0.25, -0.2) is 0 Å². The normalized spacial score (nSPS) is 10.6. The second kappa shape index (κ2) is 7.51. The van der Waals surface area contributed by atoms with Crippen molar-refractivity contribution in [3.8, 4) is 0 Å². The molecule has 0 amide bonds. The maximum atomic E-state index is 3.69. The van der Waals surface area contributed by atoms with Crippen LogP contribution in [-0.2, 0) is 0 Å². The molecule has 0 atom stereocenters. The lowest BCUT2D eigenvalue weighted by Crippen LogP contribution is -2.12. The topological polar surface area (TPSA) is 3.24 Å². The summed E-state index contributed by atoms with van der Waals surface area (Å²) in [5.41, 5.74) is 3.17. The number of benzene rings is 3. The Morgan fingerprint density at radius 2 is 0.870 bits per heavy atom. The monoisotopic (exact) mass is 557 g/mol. The molecule has 0 saturated carbocycles. The smallest absolute Gasteiger partial charge is 0.0746 e. The Labute approximate surface area is 169 Å². The van der Waals surface area contributed by atoms with Crippen LogP contribution in [0.15, 0.2) is 84.6 Å². The first-order valence-electron chi connectivity index (χ1n) is 6.83. The summed E-state index contributed by atoms with van der Waals surface area (Å²) in [4.78, 5) is 2.21. The van der Waals surface area contributed by atoms with Crippen LogP contribution in [0.5, 0.6) is 0 Å². The quantitative estimate of drug-likeness (QED) is 0.312. The first kappa shape index (κ1) is 17.2. The van der Waals surface area contributed by atoms with E-state index in [2.05, 4.69) is 80.8 Å². The highest BCUT2D eigenvalue weighted by Crippen LogP contribution is 2.47. The molecule has 5 heteroatoms. The van der Waals surface area contributed by atoms with Crippen molar-refractivity contribution in [3.63, 3.8) is 0 Å². The van der Waals surface area contributed by atoms with E-state index < -0.39 is 0 Å². The van der Waals surface area contributed by atoms with Crippen LogP contribution in [-0.4, -0.2) is 0 Å². The summed E-state index contributed by atoms with van der Waals surface area (Å²) in [5, 5.41) is 0. The fourth-order valence-corrected chi connectivity index (χ4v) is 4.62. The SMILES string of the molecule is Brc1ccccc1N(c1ccccc1Br)c1c(Br)cccc1Br. The fourth-order valence-electron chi connectivity index (χ4n) is 2.34. The molecule has 0 aliphatic heterocycles. The van der Waals surface area contributed by atoms with E-state index in [-0.39, 0.29) is 0 Å². The lowest BCUT2D eigenvalue weighted by atomic mass is 10.2. The van der Waals surface area contributed by atoms with Crippen LogP contribution >= 0.6 is 63.7 Å². The first-order valence-corrected chi connectivity index (χ1v) is 10.00. The molecule has 3 aromatic rings. The average molecular weight is 561 g/mol. The predicted octanol–water partition coefficient (Wildman–Crippen LogP) is 8.21. The summed E-state index contributed by atoms with van der Waals surface area (Å²) in [7, 11) is 0. The van der Waals surface area contributed by atoms with E-state index in [1.165, 1.54) is 0 Å². The minimum atomic E-state index is 1.01. The van der Waals surface area contributed by atoms with E-state index in [1.807, 2.05) is 54.6 Å². The third kappa shape index (κ3) is 3.58. The van der Waals surface area contributed by atoms with Crippen LogP contribution < -0.4 is 4.90 Å². The highest BCUT2D eigenvalue weighted by Gasteiger charge is 2.21. The first-order chi connectivity index (χ1) is 11.1. The van der Waals surface area contributed by atoms with Gasteiger partial charge in [-0.3, -0.25) is 0 Å². The van der Waals surface area contributed by atoms with Gasteiger partial charge in [0.25, 0.3) is 0 Å². The number of hydrogen-bond acceptors (Lipinski definition) is 1. The van der Waals surface area contributed by atoms with Gasteiger partial charge in [0.1, 0.15) is 0 Å². The fraction of sp³-hybridized carbons (Fsp3) is 0. The van der Waals surface area contributed by atoms with Gasteiger partial charge in [0.15, 0.2) is 0 Å². The van der Waals surface area contributed by atoms with Gasteiger partial charge in [0.05, 0.1) is 17.1 Å². The van der Waals surface area contributed by atoms with E-state index in [1.54, 1.807) is 0 Å². The van der Waals surface area contributed by atoms with Crippen LogP contribution in [0.25, 0.3) is 0 Å². The van der Waals surface area contributed by atoms with Crippen LogP contribution in [0.4, 0.5) is 17.1 Å². The van der Waals surface area contributed by atoms with Crippen LogP contribution in [0.3, 0.4) is 0 Å². The maximum Gasteiger partial charge on any atom is 0.0746 e. The molecule has 3 rings (SSSR count). The summed E-state index contributed by atoms with van der Waals surface area (Å²) in [5.74, 6) is 0. The van der Waals surface area contributed by atoms with Crippen molar-refractivity contribution in [3.05, 3.63) is 84.6 Å². The Hall–Kier alpha value is -0.620. The molecular weight excluding hydrogens is 550 g/mol. The highest BCUT2D eigenvalue weighted by molar-refractivity contribution is 9.11. The largest absolute Gasteiger partial charge is 0.306 e. The van der Waals surface area contributed by atoms with Gasteiger partial charge in [-0.2, -0.15) is 0 Å². The summed E-state index contributed by atoms with van der Waals surface area (Å²) < 4.78 is 4.08. The van der Waals surface area contributed by atoms with Crippen LogP contribution in [0.2, 0.25) is 0 Å². The Bertz CT molecular complexity index is 782. The Kier molecular flexibility index (Phi) is 5.62. The third-order valence-electron chi connectivity index (χ3n) is 3.35. The summed E-state index contributed by atoms with van der Waals surface area (Å²) in [6.07, 6.45) is 0. The Morgan fingerprint density at radius 1 is 0.478 bits per heavy atom. The molecule has 0 aromatic heterocycles. The molecule has 0 N–H and O–H groups in total. The molecule has 0 radical (unpaired) electrons. The van der Waals surface area contributed by atoms with Gasteiger partial charge in [-0.1, -0.05) is 30.3 Å². The third-order valence-corrected chi connectivity index (χ3v) is 5.97. The molecule has 23 heavy (non-hydrogen) atoms. The van der Waals surface area contributed by atoms with Crippen molar-refractivity contribution in [1.29, 1.82) is 0 Å². The van der Waals surface area contributed by atoms with Gasteiger partial charge < -0.3 is 4.90 Å². The summed E-state index contributed by atoms with van der Waals surface area (Å²) in [6, 6.07) is 22.5. The molecule has 0 unspecified atom stereocenters. The van der Waals surface area contributed by atoms with Gasteiger partial charge >= 0.3 is 0 Å². The number of hydrogen-bond donors (Lipinski definition) is 0. The zero-order chi connectivity index (χ0) is 16.4. The minimum absolute atomic E-state index is 1.01.